The van der Waals surface area contributed by atoms with E-state index in [9.17, 15) is 52.7 Å². The Kier molecular flexibility index (Phi) is 9.84. The second-order valence-corrected chi connectivity index (χ2v) is 14.8. The van der Waals surface area contributed by atoms with Gasteiger partial charge in [0, 0.05) is 36.6 Å². The van der Waals surface area contributed by atoms with Crippen molar-refractivity contribution in [1.82, 2.24) is 9.88 Å². The van der Waals surface area contributed by atoms with Crippen molar-refractivity contribution in [3.63, 3.8) is 0 Å². The molecule has 1 aliphatic heterocycles. The summed E-state index contributed by atoms with van der Waals surface area (Å²) in [4.78, 5) is 18.6. The van der Waals surface area contributed by atoms with Gasteiger partial charge in [-0.1, -0.05) is 30.3 Å². The lowest BCUT2D eigenvalue weighted by atomic mass is 9.83. The first kappa shape index (κ1) is 37.8. The Labute approximate surface area is 286 Å². The Balaban J connectivity index is 1.62. The third-order valence-electron chi connectivity index (χ3n) is 9.20. The highest BCUT2D eigenvalue weighted by Gasteiger charge is 2.73. The summed E-state index contributed by atoms with van der Waals surface area (Å²) < 4.78 is 161. The first-order valence-corrected chi connectivity index (χ1v) is 16.7. The average molecular weight is 745 g/mol. The molecule has 1 saturated heterocycles. The fraction of sp³-hybridized carbons (Fsp3) is 0.314. The summed E-state index contributed by atoms with van der Waals surface area (Å²) in [5, 5.41) is 0. The Morgan fingerprint density at radius 3 is 1.88 bits per heavy atom. The van der Waals surface area contributed by atoms with Crippen LogP contribution >= 0.6 is 0 Å². The van der Waals surface area contributed by atoms with Gasteiger partial charge in [-0.2, -0.15) is 26.3 Å². The van der Waals surface area contributed by atoms with Crippen LogP contribution in [0.3, 0.4) is 0 Å². The summed E-state index contributed by atoms with van der Waals surface area (Å²) in [5.41, 5.74) is -8.79. The van der Waals surface area contributed by atoms with Gasteiger partial charge in [0.1, 0.15) is 22.2 Å². The van der Waals surface area contributed by atoms with Crippen molar-refractivity contribution in [3.05, 3.63) is 131 Å². The first-order valence-electron chi connectivity index (χ1n) is 15.2. The quantitative estimate of drug-likeness (QED) is 0.129. The van der Waals surface area contributed by atoms with Gasteiger partial charge in [-0.25, -0.2) is 21.6 Å². The lowest BCUT2D eigenvalue weighted by Gasteiger charge is -2.38. The minimum absolute atomic E-state index is 0.179. The van der Waals surface area contributed by atoms with Crippen LogP contribution in [0.2, 0.25) is 0 Å². The summed E-state index contributed by atoms with van der Waals surface area (Å²) in [6, 6.07) is 11.2. The largest absolute Gasteiger partial charge is 0.430 e. The topological polar surface area (TPSA) is 76.6 Å². The van der Waals surface area contributed by atoms with Gasteiger partial charge in [0.2, 0.25) is 5.91 Å². The molecule has 0 saturated carbocycles. The van der Waals surface area contributed by atoms with Gasteiger partial charge in [0.25, 0.3) is 5.60 Å². The minimum Gasteiger partial charge on any atom is -0.349 e. The van der Waals surface area contributed by atoms with E-state index in [-0.39, 0.29) is 18.5 Å². The third-order valence-corrected chi connectivity index (χ3v) is 11.7. The molecule has 16 heteroatoms. The number of nitrogens with zero attached hydrogens (tertiary/aromatic N) is 2. The monoisotopic (exact) mass is 744 g/mol. The van der Waals surface area contributed by atoms with Crippen molar-refractivity contribution in [2.24, 2.45) is 0 Å². The standard InChI is InChI=1S/C35H29F9N2O4S/c1-31(2,22-14-17-45-18-15-22)30(47)46-19-16-32(21-46,51(48,49)26-12-10-25(36)11-13-26)23-6-8-24(9-7-23)33(34(39,40)41,35(42,43)44)50-20-27-28(37)4-3-5-29(27)38/h3-15,17-18H,16,19-21H2,1-2H3. The molecular formula is C35H29F9N2O4S. The van der Waals surface area contributed by atoms with Crippen LogP contribution in [0, 0.1) is 17.5 Å². The Bertz CT molecular complexity index is 1970. The van der Waals surface area contributed by atoms with E-state index in [1.807, 2.05) is 0 Å². The number of benzene rings is 3. The summed E-state index contributed by atoms with van der Waals surface area (Å²) >= 11 is 0. The van der Waals surface area contributed by atoms with Crippen LogP contribution in [0.15, 0.2) is 96.2 Å². The molecule has 1 atom stereocenters. The van der Waals surface area contributed by atoms with Gasteiger partial charge in [-0.3, -0.25) is 9.78 Å². The van der Waals surface area contributed by atoms with Crippen LogP contribution in [0.4, 0.5) is 39.5 Å². The maximum atomic E-state index is 14.6. The van der Waals surface area contributed by atoms with E-state index in [4.69, 9.17) is 0 Å². The van der Waals surface area contributed by atoms with Crippen molar-refractivity contribution in [2.45, 2.75) is 59.9 Å². The zero-order chi connectivity index (χ0) is 37.6. The SMILES string of the molecule is CC(C)(C(=O)N1CCC(c2ccc(C(OCc3c(F)cccc3F)(C(F)(F)F)C(F)(F)F)cc2)(S(=O)(=O)c2ccc(F)cc2)C1)c1ccncc1. The van der Waals surface area contributed by atoms with Crippen LogP contribution in [-0.4, -0.2) is 49.7 Å². The molecular weight excluding hydrogens is 715 g/mol. The van der Waals surface area contributed by atoms with Crippen LogP contribution < -0.4 is 0 Å². The second kappa shape index (κ2) is 13.3. The number of hydrogen-bond donors (Lipinski definition) is 0. The van der Waals surface area contributed by atoms with Gasteiger partial charge < -0.3 is 9.64 Å². The van der Waals surface area contributed by atoms with Crippen molar-refractivity contribution in [2.75, 3.05) is 13.1 Å². The lowest BCUT2D eigenvalue weighted by Crippen LogP contribution is -2.56. The second-order valence-electron chi connectivity index (χ2n) is 12.5. The summed E-state index contributed by atoms with van der Waals surface area (Å²) in [6.07, 6.45) is -9.89. The van der Waals surface area contributed by atoms with Gasteiger partial charge >= 0.3 is 12.4 Å². The Morgan fingerprint density at radius 1 is 0.804 bits per heavy atom. The van der Waals surface area contributed by atoms with Crippen LogP contribution in [-0.2, 0) is 41.7 Å². The summed E-state index contributed by atoms with van der Waals surface area (Å²) in [7, 11) is -4.64. The van der Waals surface area contributed by atoms with Gasteiger partial charge in [-0.05, 0) is 79.9 Å². The number of likely N-dealkylation sites (tertiary alicyclic amines) is 1. The van der Waals surface area contributed by atoms with E-state index in [0.29, 0.717) is 29.8 Å². The molecule has 0 spiro atoms. The van der Waals surface area contributed by atoms with E-state index in [1.165, 1.54) is 17.3 Å². The molecule has 0 bridgehead atoms. The molecule has 3 aromatic carbocycles. The third kappa shape index (κ3) is 6.47. The molecule has 0 radical (unpaired) electrons. The number of carbonyl (C=O) groups is 1. The van der Waals surface area contributed by atoms with E-state index < -0.39 is 90.5 Å². The van der Waals surface area contributed by atoms with Crippen molar-refractivity contribution in [3.8, 4) is 0 Å². The van der Waals surface area contributed by atoms with E-state index in [1.54, 1.807) is 26.0 Å². The number of hydrogen-bond acceptors (Lipinski definition) is 5. The number of alkyl halides is 6. The highest BCUT2D eigenvalue weighted by Crippen LogP contribution is 2.54. The molecule has 6 nitrogen and oxygen atoms in total. The minimum atomic E-state index is -6.23. The highest BCUT2D eigenvalue weighted by atomic mass is 32.2. The number of aromatic nitrogens is 1. The number of ether oxygens (including phenoxy) is 1. The number of sulfone groups is 1. The van der Waals surface area contributed by atoms with Crippen molar-refractivity contribution < 1.29 is 57.5 Å². The fourth-order valence-electron chi connectivity index (χ4n) is 6.29. The zero-order valence-electron chi connectivity index (χ0n) is 26.8. The van der Waals surface area contributed by atoms with Crippen molar-refractivity contribution >= 4 is 15.7 Å². The molecule has 51 heavy (non-hydrogen) atoms. The van der Waals surface area contributed by atoms with Gasteiger partial charge in [0.15, 0.2) is 9.84 Å². The fourth-order valence-corrected chi connectivity index (χ4v) is 8.36. The molecule has 0 N–H and O–H groups in total. The number of pyridine rings is 1. The number of halogens is 9. The molecule has 0 aliphatic carbocycles. The van der Waals surface area contributed by atoms with Gasteiger partial charge in [-0.15, -0.1) is 0 Å². The molecule has 1 fully saturated rings. The molecule has 1 amide bonds. The summed E-state index contributed by atoms with van der Waals surface area (Å²) in [5.74, 6) is -4.18. The number of rotatable bonds is 9. The predicted molar refractivity (Wildman–Crippen MR) is 165 cm³/mol. The molecule has 4 aromatic rings. The molecule has 272 valence electrons. The lowest BCUT2D eigenvalue weighted by molar-refractivity contribution is -0.392. The average Bonchev–Trinajstić information content (AvgIpc) is 3.53. The predicted octanol–water partition coefficient (Wildman–Crippen LogP) is 7.91. The maximum Gasteiger partial charge on any atom is 0.430 e. The van der Waals surface area contributed by atoms with E-state index >= 15 is 0 Å². The number of carbonyl (C=O) groups excluding carboxylic acids is 1. The Morgan fingerprint density at radius 2 is 1.35 bits per heavy atom. The highest BCUT2D eigenvalue weighted by molar-refractivity contribution is 7.92. The van der Waals surface area contributed by atoms with Crippen LogP contribution in [0.1, 0.15) is 42.5 Å². The van der Waals surface area contributed by atoms with E-state index in [2.05, 4.69) is 9.72 Å². The van der Waals surface area contributed by atoms with Crippen LogP contribution in [0.25, 0.3) is 0 Å². The molecule has 1 aliphatic rings. The van der Waals surface area contributed by atoms with Crippen LogP contribution in [0.5, 0.6) is 0 Å². The first-order chi connectivity index (χ1) is 23.7. The van der Waals surface area contributed by atoms with Crippen molar-refractivity contribution in [1.29, 1.82) is 0 Å². The molecule has 1 unspecified atom stereocenters. The maximum absolute atomic E-state index is 14.6. The van der Waals surface area contributed by atoms with Gasteiger partial charge in [0.05, 0.1) is 16.9 Å². The molecule has 1 aromatic heterocycles. The normalized spacial score (nSPS) is 17.5. The molecule has 2 heterocycles. The zero-order valence-corrected chi connectivity index (χ0v) is 27.6. The Hall–Kier alpha value is -4.44. The van der Waals surface area contributed by atoms with E-state index in [0.717, 1.165) is 42.5 Å². The number of amides is 1. The summed E-state index contributed by atoms with van der Waals surface area (Å²) in [6.45, 7) is 0.671. The smallest absolute Gasteiger partial charge is 0.349 e. The molecule has 5 rings (SSSR count).